The number of hydrogen-bond acceptors (Lipinski definition) is 2. The van der Waals surface area contributed by atoms with Gasteiger partial charge in [-0.3, -0.25) is 10.9 Å². The van der Waals surface area contributed by atoms with Crippen molar-refractivity contribution in [1.29, 1.82) is 0 Å². The van der Waals surface area contributed by atoms with Gasteiger partial charge in [-0.25, -0.2) is 4.39 Å². The number of thiocarbonyl (C=S) groups is 2. The van der Waals surface area contributed by atoms with Gasteiger partial charge in [0.25, 0.3) is 0 Å². The van der Waals surface area contributed by atoms with Crippen LogP contribution in [-0.4, -0.2) is 16.3 Å². The summed E-state index contributed by atoms with van der Waals surface area (Å²) in [6.45, 7) is 2.23. The number of halogens is 1. The summed E-state index contributed by atoms with van der Waals surface area (Å²) in [6, 6.07) is 6.74. The maximum atomic E-state index is 13.5. The standard InChI is InChI=1S/C15H21FN4S2/c1-10-6-2-4-8-12(10)17-14(21)19-20-15(22)18-13-9-5-3-7-11(13)16/h3,5,7,9-10,12H,2,4,6,8H2,1H3,(H2,17,19,21)(H2,18,20,22)/t10-,12-/m0/s1. The smallest absolute Gasteiger partial charge is 0.189 e. The highest BCUT2D eigenvalue weighted by atomic mass is 32.1. The molecule has 0 radical (unpaired) electrons. The maximum absolute atomic E-state index is 13.5. The number of anilines is 1. The predicted molar refractivity (Wildman–Crippen MR) is 96.0 cm³/mol. The second-order valence-corrected chi connectivity index (χ2v) is 6.34. The molecule has 0 aromatic heterocycles. The molecule has 0 bridgehead atoms. The summed E-state index contributed by atoms with van der Waals surface area (Å²) in [5, 5.41) is 6.82. The first-order valence-electron chi connectivity index (χ1n) is 7.44. The molecule has 0 amide bonds. The lowest BCUT2D eigenvalue weighted by Crippen LogP contribution is -2.52. The average Bonchev–Trinajstić information content (AvgIpc) is 2.50. The first-order chi connectivity index (χ1) is 10.6. The number of hydrogen-bond donors (Lipinski definition) is 4. The molecule has 120 valence electrons. The van der Waals surface area contributed by atoms with Crippen LogP contribution >= 0.6 is 24.4 Å². The molecule has 2 rings (SSSR count). The van der Waals surface area contributed by atoms with Gasteiger partial charge in [-0.05, 0) is 55.3 Å². The molecule has 7 heteroatoms. The number of benzene rings is 1. The first kappa shape index (κ1) is 16.9. The lowest BCUT2D eigenvalue weighted by Gasteiger charge is -2.30. The van der Waals surface area contributed by atoms with Crippen LogP contribution in [0.2, 0.25) is 0 Å². The number of rotatable bonds is 2. The summed E-state index contributed by atoms with van der Waals surface area (Å²) in [5.74, 6) is 0.250. The van der Waals surface area contributed by atoms with E-state index in [0.29, 0.717) is 22.8 Å². The quantitative estimate of drug-likeness (QED) is 0.490. The lowest BCUT2D eigenvalue weighted by atomic mass is 9.86. The fraction of sp³-hybridized carbons (Fsp3) is 0.467. The van der Waals surface area contributed by atoms with E-state index in [0.717, 1.165) is 6.42 Å². The molecule has 0 heterocycles. The van der Waals surface area contributed by atoms with Gasteiger partial charge < -0.3 is 10.6 Å². The van der Waals surface area contributed by atoms with Gasteiger partial charge in [0.1, 0.15) is 5.82 Å². The molecule has 4 nitrogen and oxygen atoms in total. The molecule has 0 spiro atoms. The zero-order valence-corrected chi connectivity index (χ0v) is 14.1. The summed E-state index contributed by atoms with van der Waals surface area (Å²) >= 11 is 10.4. The summed E-state index contributed by atoms with van der Waals surface area (Å²) in [4.78, 5) is 0. The molecule has 0 unspecified atom stereocenters. The van der Waals surface area contributed by atoms with Gasteiger partial charge in [0.05, 0.1) is 5.69 Å². The second kappa shape index (κ2) is 8.24. The summed E-state index contributed by atoms with van der Waals surface area (Å²) in [6.07, 6.45) is 4.86. The summed E-state index contributed by atoms with van der Waals surface area (Å²) in [5.41, 5.74) is 5.92. The number of nitrogens with one attached hydrogen (secondary N) is 4. The van der Waals surface area contributed by atoms with Gasteiger partial charge in [-0.1, -0.05) is 31.9 Å². The second-order valence-electron chi connectivity index (χ2n) is 5.53. The van der Waals surface area contributed by atoms with Crippen LogP contribution in [0, 0.1) is 11.7 Å². The van der Waals surface area contributed by atoms with Gasteiger partial charge in [0.15, 0.2) is 10.2 Å². The third-order valence-electron chi connectivity index (χ3n) is 3.84. The Bertz CT molecular complexity index is 538. The van der Waals surface area contributed by atoms with Crippen molar-refractivity contribution in [2.24, 2.45) is 5.92 Å². The van der Waals surface area contributed by atoms with E-state index in [4.69, 9.17) is 24.4 Å². The summed E-state index contributed by atoms with van der Waals surface area (Å²) < 4.78 is 13.5. The molecule has 22 heavy (non-hydrogen) atoms. The molecule has 1 aromatic carbocycles. The van der Waals surface area contributed by atoms with Gasteiger partial charge in [0.2, 0.25) is 0 Å². The van der Waals surface area contributed by atoms with Crippen LogP contribution < -0.4 is 21.5 Å². The molecule has 1 fully saturated rings. The Morgan fingerprint density at radius 3 is 2.50 bits per heavy atom. The van der Waals surface area contributed by atoms with Crippen molar-refractivity contribution in [3.63, 3.8) is 0 Å². The van der Waals surface area contributed by atoms with Crippen LogP contribution in [0.3, 0.4) is 0 Å². The zero-order chi connectivity index (χ0) is 15.9. The van der Waals surface area contributed by atoms with Crippen molar-refractivity contribution < 1.29 is 4.39 Å². The molecular formula is C15H21FN4S2. The zero-order valence-electron chi connectivity index (χ0n) is 12.5. The minimum absolute atomic E-state index is 0.256. The molecule has 1 aromatic rings. The minimum atomic E-state index is -0.358. The average molecular weight is 340 g/mol. The monoisotopic (exact) mass is 340 g/mol. The van der Waals surface area contributed by atoms with Crippen molar-refractivity contribution in [2.75, 3.05) is 5.32 Å². The molecule has 4 N–H and O–H groups in total. The Balaban J connectivity index is 1.74. The molecule has 0 aliphatic heterocycles. The van der Waals surface area contributed by atoms with Crippen molar-refractivity contribution in [3.05, 3.63) is 30.1 Å². The lowest BCUT2D eigenvalue weighted by molar-refractivity contribution is 0.308. The SMILES string of the molecule is C[C@H]1CCCC[C@@H]1NC(=S)NNC(=S)Nc1ccccc1F. The molecule has 2 atom stereocenters. The van der Waals surface area contributed by atoms with Crippen LogP contribution in [0.4, 0.5) is 10.1 Å². The van der Waals surface area contributed by atoms with Gasteiger partial charge in [-0.2, -0.15) is 0 Å². The van der Waals surface area contributed by atoms with Crippen molar-refractivity contribution >= 4 is 40.3 Å². The number of hydrazine groups is 1. The van der Waals surface area contributed by atoms with Gasteiger partial charge >= 0.3 is 0 Å². The summed E-state index contributed by atoms with van der Waals surface area (Å²) in [7, 11) is 0. The van der Waals surface area contributed by atoms with Crippen molar-refractivity contribution in [2.45, 2.75) is 38.6 Å². The molecule has 1 aliphatic carbocycles. The van der Waals surface area contributed by atoms with Crippen molar-refractivity contribution in [3.8, 4) is 0 Å². The molecular weight excluding hydrogens is 319 g/mol. The highest BCUT2D eigenvalue weighted by Crippen LogP contribution is 2.23. The molecule has 1 saturated carbocycles. The highest BCUT2D eigenvalue weighted by Gasteiger charge is 2.21. The normalized spacial score (nSPS) is 20.8. The Hall–Kier alpha value is -1.47. The van der Waals surface area contributed by atoms with E-state index < -0.39 is 0 Å². The van der Waals surface area contributed by atoms with E-state index in [9.17, 15) is 4.39 Å². The maximum Gasteiger partial charge on any atom is 0.189 e. The Kier molecular flexibility index (Phi) is 6.33. The van der Waals surface area contributed by atoms with Crippen molar-refractivity contribution in [1.82, 2.24) is 16.2 Å². The van der Waals surface area contributed by atoms with E-state index in [1.807, 2.05) is 0 Å². The van der Waals surface area contributed by atoms with Crippen LogP contribution in [0.25, 0.3) is 0 Å². The Morgan fingerprint density at radius 1 is 1.09 bits per heavy atom. The van der Waals surface area contributed by atoms with E-state index in [1.54, 1.807) is 18.2 Å². The third-order valence-corrected chi connectivity index (χ3v) is 4.26. The minimum Gasteiger partial charge on any atom is -0.358 e. The fourth-order valence-electron chi connectivity index (χ4n) is 2.56. The third kappa shape index (κ3) is 5.06. The van der Waals surface area contributed by atoms with Crippen LogP contribution in [0.15, 0.2) is 24.3 Å². The molecule has 1 aliphatic rings. The fourth-order valence-corrected chi connectivity index (χ4v) is 2.93. The largest absolute Gasteiger partial charge is 0.358 e. The van der Waals surface area contributed by atoms with Crippen LogP contribution in [0.5, 0.6) is 0 Å². The van der Waals surface area contributed by atoms with Gasteiger partial charge in [0, 0.05) is 6.04 Å². The van der Waals surface area contributed by atoms with Crippen LogP contribution in [0.1, 0.15) is 32.6 Å². The van der Waals surface area contributed by atoms with Crippen LogP contribution in [-0.2, 0) is 0 Å². The van der Waals surface area contributed by atoms with E-state index in [2.05, 4.69) is 28.4 Å². The highest BCUT2D eigenvalue weighted by molar-refractivity contribution is 7.80. The first-order valence-corrected chi connectivity index (χ1v) is 8.26. The van der Waals surface area contributed by atoms with E-state index >= 15 is 0 Å². The predicted octanol–water partition coefficient (Wildman–Crippen LogP) is 3.07. The van der Waals surface area contributed by atoms with E-state index in [1.165, 1.54) is 25.3 Å². The number of para-hydroxylation sites is 1. The Labute approximate surface area is 141 Å². The topological polar surface area (TPSA) is 48.1 Å². The molecule has 0 saturated heterocycles. The Morgan fingerprint density at radius 2 is 1.77 bits per heavy atom. The van der Waals surface area contributed by atoms with Gasteiger partial charge in [-0.15, -0.1) is 0 Å². The van der Waals surface area contributed by atoms with E-state index in [-0.39, 0.29) is 10.9 Å².